The van der Waals surface area contributed by atoms with E-state index in [1.54, 1.807) is 24.5 Å². The van der Waals surface area contributed by atoms with Crippen LogP contribution in [-0.2, 0) is 0 Å². The molecule has 0 radical (unpaired) electrons. The summed E-state index contributed by atoms with van der Waals surface area (Å²) in [6, 6.07) is 5.79. The fourth-order valence-corrected chi connectivity index (χ4v) is 2.45. The molecule has 1 atom stereocenters. The molecule has 17 heavy (non-hydrogen) atoms. The van der Waals surface area contributed by atoms with E-state index in [1.807, 2.05) is 12.1 Å². The highest BCUT2D eigenvalue weighted by Gasteiger charge is 2.09. The van der Waals surface area contributed by atoms with Crippen LogP contribution < -0.4 is 10.1 Å². The molecule has 0 saturated heterocycles. The first kappa shape index (κ1) is 12.1. The van der Waals surface area contributed by atoms with Gasteiger partial charge in [0, 0.05) is 10.9 Å². The number of methoxy groups -OCH3 is 1. The summed E-state index contributed by atoms with van der Waals surface area (Å²) in [5.74, 6) is 1.27. The van der Waals surface area contributed by atoms with E-state index in [1.165, 1.54) is 6.33 Å². The molecule has 2 rings (SSSR count). The summed E-state index contributed by atoms with van der Waals surface area (Å²) in [5.41, 5.74) is 0. The van der Waals surface area contributed by atoms with E-state index in [4.69, 9.17) is 16.3 Å². The van der Waals surface area contributed by atoms with Crippen molar-refractivity contribution in [3.8, 4) is 5.88 Å². The number of ether oxygens (including phenoxy) is 1. The average Bonchev–Trinajstić information content (AvgIpc) is 2.76. The second kappa shape index (κ2) is 5.33. The first-order chi connectivity index (χ1) is 8.19. The molecule has 0 aliphatic rings. The second-order valence-corrected chi connectivity index (χ2v) is 5.20. The van der Waals surface area contributed by atoms with Crippen LogP contribution in [0, 0.1) is 0 Å². The zero-order valence-corrected chi connectivity index (χ0v) is 11.0. The molecule has 4 nitrogen and oxygen atoms in total. The Hall–Kier alpha value is -1.33. The summed E-state index contributed by atoms with van der Waals surface area (Å²) in [4.78, 5) is 9.24. The maximum absolute atomic E-state index is 5.90. The van der Waals surface area contributed by atoms with Crippen molar-refractivity contribution in [1.29, 1.82) is 0 Å². The van der Waals surface area contributed by atoms with Crippen LogP contribution in [0.15, 0.2) is 24.5 Å². The van der Waals surface area contributed by atoms with Crippen molar-refractivity contribution in [1.82, 2.24) is 9.97 Å². The molecule has 2 aromatic rings. The van der Waals surface area contributed by atoms with Crippen LogP contribution in [0.5, 0.6) is 5.88 Å². The smallest absolute Gasteiger partial charge is 0.218 e. The van der Waals surface area contributed by atoms with Crippen molar-refractivity contribution in [3.05, 3.63) is 33.7 Å². The van der Waals surface area contributed by atoms with Crippen LogP contribution in [0.3, 0.4) is 0 Å². The van der Waals surface area contributed by atoms with Gasteiger partial charge in [-0.25, -0.2) is 9.97 Å². The molecule has 0 aromatic carbocycles. The van der Waals surface area contributed by atoms with Crippen molar-refractivity contribution in [3.63, 3.8) is 0 Å². The zero-order chi connectivity index (χ0) is 12.3. The summed E-state index contributed by atoms with van der Waals surface area (Å²) in [7, 11) is 1.58. The molecule has 6 heteroatoms. The van der Waals surface area contributed by atoms with Crippen LogP contribution in [0.4, 0.5) is 5.82 Å². The molecule has 90 valence electrons. The molecular weight excluding hydrogens is 258 g/mol. The minimum absolute atomic E-state index is 0.145. The van der Waals surface area contributed by atoms with Crippen molar-refractivity contribution in [2.45, 2.75) is 13.0 Å². The van der Waals surface area contributed by atoms with Gasteiger partial charge in [0.05, 0.1) is 17.5 Å². The Kier molecular flexibility index (Phi) is 3.81. The van der Waals surface area contributed by atoms with Crippen molar-refractivity contribution < 1.29 is 4.74 Å². The number of halogens is 1. The fourth-order valence-electron chi connectivity index (χ4n) is 1.38. The monoisotopic (exact) mass is 269 g/mol. The van der Waals surface area contributed by atoms with Crippen LogP contribution in [0.1, 0.15) is 17.8 Å². The lowest BCUT2D eigenvalue weighted by Crippen LogP contribution is -2.06. The second-order valence-electron chi connectivity index (χ2n) is 3.45. The molecule has 0 bridgehead atoms. The highest BCUT2D eigenvalue weighted by molar-refractivity contribution is 7.16. The minimum Gasteiger partial charge on any atom is -0.481 e. The lowest BCUT2D eigenvalue weighted by Gasteiger charge is -2.12. The summed E-state index contributed by atoms with van der Waals surface area (Å²) >= 11 is 7.45. The van der Waals surface area contributed by atoms with Gasteiger partial charge in [0.2, 0.25) is 5.88 Å². The van der Waals surface area contributed by atoms with Crippen molar-refractivity contribution >= 4 is 28.8 Å². The summed E-state index contributed by atoms with van der Waals surface area (Å²) in [6.07, 6.45) is 1.47. The van der Waals surface area contributed by atoms with E-state index in [0.717, 1.165) is 15.0 Å². The molecule has 0 saturated carbocycles. The number of rotatable bonds is 4. The van der Waals surface area contributed by atoms with Gasteiger partial charge < -0.3 is 10.1 Å². The van der Waals surface area contributed by atoms with E-state index in [0.29, 0.717) is 5.88 Å². The minimum atomic E-state index is 0.145. The molecule has 0 amide bonds. The number of nitrogens with one attached hydrogen (secondary N) is 1. The summed E-state index contributed by atoms with van der Waals surface area (Å²) < 4.78 is 5.82. The van der Waals surface area contributed by atoms with E-state index >= 15 is 0 Å². The maximum atomic E-state index is 5.90. The quantitative estimate of drug-likeness (QED) is 0.924. The molecule has 0 spiro atoms. The van der Waals surface area contributed by atoms with Crippen molar-refractivity contribution in [2.24, 2.45) is 0 Å². The first-order valence-electron chi connectivity index (χ1n) is 5.07. The van der Waals surface area contributed by atoms with Gasteiger partial charge in [-0.15, -0.1) is 11.3 Å². The number of nitrogens with zero attached hydrogens (tertiary/aromatic N) is 2. The Bertz CT molecular complexity index is 503. The molecule has 0 aliphatic heterocycles. The van der Waals surface area contributed by atoms with Gasteiger partial charge >= 0.3 is 0 Å². The largest absolute Gasteiger partial charge is 0.481 e. The Morgan fingerprint density at radius 2 is 2.24 bits per heavy atom. The Labute approximate surface area is 109 Å². The third-order valence-corrected chi connectivity index (χ3v) is 3.65. The van der Waals surface area contributed by atoms with Gasteiger partial charge in [0.15, 0.2) is 0 Å². The Morgan fingerprint density at radius 1 is 1.41 bits per heavy atom. The zero-order valence-electron chi connectivity index (χ0n) is 9.48. The predicted molar refractivity (Wildman–Crippen MR) is 70.0 cm³/mol. The van der Waals surface area contributed by atoms with E-state index in [2.05, 4.69) is 22.2 Å². The molecule has 2 heterocycles. The molecule has 0 fully saturated rings. The summed E-state index contributed by atoms with van der Waals surface area (Å²) in [5, 5.41) is 3.27. The highest BCUT2D eigenvalue weighted by Crippen LogP contribution is 2.28. The van der Waals surface area contributed by atoms with Gasteiger partial charge in [-0.2, -0.15) is 0 Å². The number of aromatic nitrogens is 2. The highest BCUT2D eigenvalue weighted by atomic mass is 35.5. The lowest BCUT2D eigenvalue weighted by atomic mass is 10.3. The van der Waals surface area contributed by atoms with Crippen LogP contribution in [0.2, 0.25) is 4.34 Å². The van der Waals surface area contributed by atoms with E-state index in [9.17, 15) is 0 Å². The normalized spacial score (nSPS) is 12.2. The maximum Gasteiger partial charge on any atom is 0.218 e. The van der Waals surface area contributed by atoms with Gasteiger partial charge in [-0.1, -0.05) is 11.6 Å². The number of hydrogen-bond donors (Lipinski definition) is 1. The van der Waals surface area contributed by atoms with Crippen molar-refractivity contribution in [2.75, 3.05) is 12.4 Å². The molecule has 1 unspecified atom stereocenters. The third-order valence-electron chi connectivity index (χ3n) is 2.24. The topological polar surface area (TPSA) is 47.0 Å². The SMILES string of the molecule is COc1cc(NC(C)c2ccc(Cl)s2)ncn1. The van der Waals surface area contributed by atoms with Crippen LogP contribution in [-0.4, -0.2) is 17.1 Å². The van der Waals surface area contributed by atoms with Gasteiger partial charge in [0.25, 0.3) is 0 Å². The van der Waals surface area contributed by atoms with Crippen LogP contribution >= 0.6 is 22.9 Å². The van der Waals surface area contributed by atoms with E-state index < -0.39 is 0 Å². The Balaban J connectivity index is 2.09. The predicted octanol–water partition coefficient (Wildman–Crippen LogP) is 3.37. The molecule has 2 aromatic heterocycles. The molecule has 0 aliphatic carbocycles. The number of anilines is 1. The van der Waals surface area contributed by atoms with Gasteiger partial charge in [0.1, 0.15) is 12.1 Å². The molecule has 1 N–H and O–H groups in total. The van der Waals surface area contributed by atoms with Gasteiger partial charge in [-0.3, -0.25) is 0 Å². The standard InChI is InChI=1S/C11H12ClN3OS/c1-7(8-3-4-9(12)17-8)15-10-5-11(16-2)14-6-13-10/h3-7H,1-2H3,(H,13,14,15). The van der Waals surface area contributed by atoms with Gasteiger partial charge in [-0.05, 0) is 19.1 Å². The van der Waals surface area contributed by atoms with Crippen LogP contribution in [0.25, 0.3) is 0 Å². The first-order valence-corrected chi connectivity index (χ1v) is 6.26. The Morgan fingerprint density at radius 3 is 2.88 bits per heavy atom. The molecular formula is C11H12ClN3OS. The number of thiophene rings is 1. The lowest BCUT2D eigenvalue weighted by molar-refractivity contribution is 0.397. The fraction of sp³-hybridized carbons (Fsp3) is 0.273. The average molecular weight is 270 g/mol. The number of hydrogen-bond acceptors (Lipinski definition) is 5. The van der Waals surface area contributed by atoms with E-state index in [-0.39, 0.29) is 6.04 Å². The third kappa shape index (κ3) is 3.08. The summed E-state index contributed by atoms with van der Waals surface area (Å²) in [6.45, 7) is 2.05.